The van der Waals surface area contributed by atoms with Crippen molar-refractivity contribution >= 4 is 0 Å². The van der Waals surface area contributed by atoms with Gasteiger partial charge in [-0.3, -0.25) is 5.32 Å². The first-order chi connectivity index (χ1) is 6.86. The van der Waals surface area contributed by atoms with Crippen molar-refractivity contribution in [2.45, 2.75) is 25.1 Å². The van der Waals surface area contributed by atoms with Crippen molar-refractivity contribution in [2.24, 2.45) is 5.73 Å². The monoisotopic (exact) mass is 195 g/mol. The van der Waals surface area contributed by atoms with Crippen molar-refractivity contribution < 1.29 is 4.74 Å². The molecule has 0 radical (unpaired) electrons. The first-order valence-electron chi connectivity index (χ1n) is 5.09. The van der Waals surface area contributed by atoms with E-state index in [1.165, 1.54) is 6.42 Å². The quantitative estimate of drug-likeness (QED) is 0.595. The molecular formula is C10H17N3O. The lowest BCUT2D eigenvalue weighted by molar-refractivity contribution is 0.108. The van der Waals surface area contributed by atoms with E-state index in [4.69, 9.17) is 10.5 Å². The topological polar surface area (TPSA) is 59.3 Å². The van der Waals surface area contributed by atoms with Gasteiger partial charge in [0.05, 0.1) is 6.10 Å². The molecule has 2 aliphatic heterocycles. The van der Waals surface area contributed by atoms with Crippen LogP contribution in [0.2, 0.25) is 0 Å². The Morgan fingerprint density at radius 1 is 1.64 bits per heavy atom. The number of dihydropyridines is 1. The number of hydrogen-bond donors (Lipinski definition) is 3. The lowest BCUT2D eigenvalue weighted by Gasteiger charge is -2.23. The molecule has 2 aliphatic rings. The lowest BCUT2D eigenvalue weighted by Crippen LogP contribution is -2.47. The van der Waals surface area contributed by atoms with Crippen LogP contribution in [0.25, 0.3) is 0 Å². The summed E-state index contributed by atoms with van der Waals surface area (Å²) in [6.45, 7) is 1.76. The Morgan fingerprint density at radius 3 is 3.29 bits per heavy atom. The standard InChI is InChI=1S/C10H17N3O/c11-9-4-1-5-12-10(9)13-7-8-3-2-6-14-8/h1,4-5,8,10,12-13H,2-3,6-7,11H2/t8-,10?/m1/s1. The van der Waals surface area contributed by atoms with Crippen LogP contribution in [0.4, 0.5) is 0 Å². The minimum absolute atomic E-state index is 0.0594. The van der Waals surface area contributed by atoms with Crippen LogP contribution in [0, 0.1) is 0 Å². The normalized spacial score (nSPS) is 31.3. The van der Waals surface area contributed by atoms with Crippen LogP contribution >= 0.6 is 0 Å². The average Bonchev–Trinajstić information content (AvgIpc) is 2.69. The van der Waals surface area contributed by atoms with E-state index in [1.807, 2.05) is 18.4 Å². The van der Waals surface area contributed by atoms with Gasteiger partial charge in [0, 0.05) is 18.8 Å². The summed E-state index contributed by atoms with van der Waals surface area (Å²) in [7, 11) is 0. The van der Waals surface area contributed by atoms with Crippen molar-refractivity contribution in [1.29, 1.82) is 0 Å². The first kappa shape index (κ1) is 9.55. The van der Waals surface area contributed by atoms with Gasteiger partial charge in [-0.05, 0) is 31.2 Å². The van der Waals surface area contributed by atoms with Gasteiger partial charge in [0.15, 0.2) is 0 Å². The Bertz CT molecular complexity index is 244. The Balaban J connectivity index is 1.74. The van der Waals surface area contributed by atoms with Gasteiger partial charge in [-0.1, -0.05) is 0 Å². The van der Waals surface area contributed by atoms with Crippen LogP contribution in [0.1, 0.15) is 12.8 Å². The molecule has 4 nitrogen and oxygen atoms in total. The second kappa shape index (κ2) is 4.48. The summed E-state index contributed by atoms with van der Waals surface area (Å²) in [6, 6.07) is 0. The average molecular weight is 195 g/mol. The zero-order valence-electron chi connectivity index (χ0n) is 8.20. The maximum atomic E-state index is 5.81. The van der Waals surface area contributed by atoms with Crippen molar-refractivity contribution in [3.63, 3.8) is 0 Å². The highest BCUT2D eigenvalue weighted by Gasteiger charge is 2.18. The Morgan fingerprint density at radius 2 is 2.57 bits per heavy atom. The number of ether oxygens (including phenoxy) is 1. The molecule has 14 heavy (non-hydrogen) atoms. The van der Waals surface area contributed by atoms with Crippen LogP contribution in [-0.2, 0) is 4.74 Å². The molecule has 0 aromatic rings. The zero-order chi connectivity index (χ0) is 9.80. The maximum absolute atomic E-state index is 5.81. The van der Waals surface area contributed by atoms with E-state index < -0.39 is 0 Å². The summed E-state index contributed by atoms with van der Waals surface area (Å²) in [6.07, 6.45) is 8.45. The summed E-state index contributed by atoms with van der Waals surface area (Å²) in [4.78, 5) is 0. The molecule has 1 unspecified atom stereocenters. The van der Waals surface area contributed by atoms with E-state index in [9.17, 15) is 0 Å². The zero-order valence-corrected chi connectivity index (χ0v) is 8.20. The fourth-order valence-electron chi connectivity index (χ4n) is 1.73. The van der Waals surface area contributed by atoms with E-state index in [0.717, 1.165) is 25.3 Å². The molecule has 2 rings (SSSR count). The van der Waals surface area contributed by atoms with Gasteiger partial charge in [-0.15, -0.1) is 0 Å². The minimum atomic E-state index is 0.0594. The van der Waals surface area contributed by atoms with Gasteiger partial charge in [0.1, 0.15) is 6.17 Å². The van der Waals surface area contributed by atoms with Crippen molar-refractivity contribution in [3.8, 4) is 0 Å². The Kier molecular flexibility index (Phi) is 3.06. The van der Waals surface area contributed by atoms with Gasteiger partial charge in [0.25, 0.3) is 0 Å². The molecule has 0 spiro atoms. The Hall–Kier alpha value is -1.00. The van der Waals surface area contributed by atoms with Crippen molar-refractivity contribution in [1.82, 2.24) is 10.6 Å². The highest BCUT2D eigenvalue weighted by Crippen LogP contribution is 2.11. The third-order valence-electron chi connectivity index (χ3n) is 2.55. The van der Waals surface area contributed by atoms with E-state index in [-0.39, 0.29) is 6.17 Å². The molecule has 2 atom stereocenters. The third kappa shape index (κ3) is 2.27. The second-order valence-corrected chi connectivity index (χ2v) is 3.67. The van der Waals surface area contributed by atoms with Gasteiger partial charge >= 0.3 is 0 Å². The smallest absolute Gasteiger partial charge is 0.118 e. The predicted molar refractivity (Wildman–Crippen MR) is 55.3 cm³/mol. The highest BCUT2D eigenvalue weighted by atomic mass is 16.5. The molecule has 0 aromatic carbocycles. The third-order valence-corrected chi connectivity index (χ3v) is 2.55. The van der Waals surface area contributed by atoms with Gasteiger partial charge < -0.3 is 15.8 Å². The van der Waals surface area contributed by atoms with Crippen LogP contribution in [0.5, 0.6) is 0 Å². The molecule has 4 heteroatoms. The molecule has 0 amide bonds. The Labute approximate surface area is 84.2 Å². The molecular weight excluding hydrogens is 178 g/mol. The van der Waals surface area contributed by atoms with Crippen LogP contribution in [0.15, 0.2) is 24.0 Å². The lowest BCUT2D eigenvalue weighted by atomic mass is 10.2. The number of hydrogen-bond acceptors (Lipinski definition) is 4. The van der Waals surface area contributed by atoms with Crippen molar-refractivity contribution in [2.75, 3.05) is 13.2 Å². The molecule has 0 aromatic heterocycles. The van der Waals surface area contributed by atoms with E-state index in [0.29, 0.717) is 6.10 Å². The van der Waals surface area contributed by atoms with E-state index >= 15 is 0 Å². The fourth-order valence-corrected chi connectivity index (χ4v) is 1.73. The van der Waals surface area contributed by atoms with E-state index in [2.05, 4.69) is 10.6 Å². The molecule has 2 heterocycles. The number of nitrogens with one attached hydrogen (secondary N) is 2. The van der Waals surface area contributed by atoms with Gasteiger partial charge in [0.2, 0.25) is 0 Å². The largest absolute Gasteiger partial charge is 0.399 e. The second-order valence-electron chi connectivity index (χ2n) is 3.67. The summed E-state index contributed by atoms with van der Waals surface area (Å²) < 4.78 is 5.51. The summed E-state index contributed by atoms with van der Waals surface area (Å²) in [5.41, 5.74) is 6.63. The molecule has 1 fully saturated rings. The predicted octanol–water partition coefficient (Wildman–Crippen LogP) is 0.0406. The van der Waals surface area contributed by atoms with Crippen LogP contribution < -0.4 is 16.4 Å². The molecule has 1 saturated heterocycles. The maximum Gasteiger partial charge on any atom is 0.118 e. The first-order valence-corrected chi connectivity index (χ1v) is 5.09. The van der Waals surface area contributed by atoms with Crippen LogP contribution in [-0.4, -0.2) is 25.4 Å². The van der Waals surface area contributed by atoms with Crippen molar-refractivity contribution in [3.05, 3.63) is 24.0 Å². The van der Waals surface area contributed by atoms with Gasteiger partial charge in [-0.2, -0.15) is 0 Å². The minimum Gasteiger partial charge on any atom is -0.399 e. The summed E-state index contributed by atoms with van der Waals surface area (Å²) in [5.74, 6) is 0. The van der Waals surface area contributed by atoms with Crippen LogP contribution in [0.3, 0.4) is 0 Å². The molecule has 0 aliphatic carbocycles. The van der Waals surface area contributed by atoms with Gasteiger partial charge in [-0.25, -0.2) is 0 Å². The molecule has 78 valence electrons. The highest BCUT2D eigenvalue weighted by molar-refractivity contribution is 5.19. The number of rotatable bonds is 3. The molecule has 4 N–H and O–H groups in total. The molecule has 0 bridgehead atoms. The fraction of sp³-hybridized carbons (Fsp3) is 0.600. The molecule has 0 saturated carbocycles. The van der Waals surface area contributed by atoms with E-state index in [1.54, 1.807) is 0 Å². The number of allylic oxidation sites excluding steroid dienone is 2. The summed E-state index contributed by atoms with van der Waals surface area (Å²) in [5, 5.41) is 6.48. The number of nitrogens with two attached hydrogens (primary N) is 1. The SMILES string of the molecule is NC1=CC=CNC1NC[C@H]1CCCO1. The summed E-state index contributed by atoms with van der Waals surface area (Å²) >= 11 is 0.